The predicted octanol–water partition coefficient (Wildman–Crippen LogP) is 3.01. The topological polar surface area (TPSA) is 9.23 Å². The van der Waals surface area contributed by atoms with Crippen molar-refractivity contribution in [3.63, 3.8) is 0 Å². The Labute approximate surface area is 82.3 Å². The van der Waals surface area contributed by atoms with Crippen LogP contribution in [0.15, 0.2) is 0 Å². The highest BCUT2D eigenvalue weighted by molar-refractivity contribution is 7.80. The summed E-state index contributed by atoms with van der Waals surface area (Å²) in [6.45, 7) is 10.6. The van der Waals surface area contributed by atoms with Crippen molar-refractivity contribution in [1.29, 1.82) is 0 Å². The van der Waals surface area contributed by atoms with Crippen LogP contribution in [0.1, 0.15) is 34.1 Å². The second-order valence-electron chi connectivity index (χ2n) is 4.32. The van der Waals surface area contributed by atoms with Gasteiger partial charge in [0.1, 0.15) is 0 Å². The van der Waals surface area contributed by atoms with Crippen molar-refractivity contribution in [3.05, 3.63) is 0 Å². The van der Waals surface area contributed by atoms with Gasteiger partial charge in [0.15, 0.2) is 0 Å². The van der Waals surface area contributed by atoms with Gasteiger partial charge in [-0.3, -0.25) is 0 Å². The molecule has 74 valence electrons. The van der Waals surface area contributed by atoms with E-state index in [1.54, 1.807) is 0 Å². The fourth-order valence-corrected chi connectivity index (χ4v) is 1.60. The average Bonchev–Trinajstić information content (AvgIpc) is 1.95. The average molecular weight is 190 g/mol. The van der Waals surface area contributed by atoms with Crippen LogP contribution in [0, 0.1) is 11.3 Å². The highest BCUT2D eigenvalue weighted by atomic mass is 32.1. The molecule has 0 saturated heterocycles. The lowest BCUT2D eigenvalue weighted by molar-refractivity contribution is 0.0667. The first-order chi connectivity index (χ1) is 5.52. The van der Waals surface area contributed by atoms with E-state index in [1.165, 1.54) is 0 Å². The van der Waals surface area contributed by atoms with E-state index in [0.29, 0.717) is 11.3 Å². The van der Waals surface area contributed by atoms with E-state index in [9.17, 15) is 0 Å². The molecule has 1 atom stereocenters. The lowest BCUT2D eigenvalue weighted by Crippen LogP contribution is -2.26. The minimum atomic E-state index is 0.315. The van der Waals surface area contributed by atoms with Crippen LogP contribution in [0.3, 0.4) is 0 Å². The molecule has 0 aromatic rings. The summed E-state index contributed by atoms with van der Waals surface area (Å²) in [7, 11) is 0. The van der Waals surface area contributed by atoms with E-state index in [0.717, 1.165) is 25.4 Å². The van der Waals surface area contributed by atoms with Gasteiger partial charge in [-0.1, -0.05) is 27.7 Å². The van der Waals surface area contributed by atoms with Crippen LogP contribution in [0.4, 0.5) is 0 Å². The number of thiol groups is 1. The molecule has 0 fully saturated rings. The van der Waals surface area contributed by atoms with E-state index in [2.05, 4.69) is 40.3 Å². The van der Waals surface area contributed by atoms with Gasteiger partial charge in [0.25, 0.3) is 0 Å². The Bertz CT molecular complexity index is 107. The van der Waals surface area contributed by atoms with Crippen molar-refractivity contribution in [3.8, 4) is 0 Å². The largest absolute Gasteiger partial charge is 0.381 e. The molecule has 0 radical (unpaired) electrons. The molecule has 0 aliphatic heterocycles. The molecule has 0 aromatic heterocycles. The van der Waals surface area contributed by atoms with Crippen LogP contribution < -0.4 is 0 Å². The third kappa shape index (κ3) is 5.04. The molecule has 0 aromatic carbocycles. The zero-order valence-electron chi connectivity index (χ0n) is 8.76. The molecule has 0 amide bonds. The van der Waals surface area contributed by atoms with E-state index in [4.69, 9.17) is 4.74 Å². The van der Waals surface area contributed by atoms with E-state index >= 15 is 0 Å². The van der Waals surface area contributed by atoms with Gasteiger partial charge in [0.05, 0.1) is 6.61 Å². The van der Waals surface area contributed by atoms with Gasteiger partial charge >= 0.3 is 0 Å². The second kappa shape index (κ2) is 5.87. The summed E-state index contributed by atoms with van der Waals surface area (Å²) in [4.78, 5) is 0. The lowest BCUT2D eigenvalue weighted by Gasteiger charge is -2.29. The van der Waals surface area contributed by atoms with Gasteiger partial charge in [0.2, 0.25) is 0 Å². The van der Waals surface area contributed by atoms with Crippen molar-refractivity contribution < 1.29 is 4.74 Å². The van der Waals surface area contributed by atoms with Gasteiger partial charge in [-0.25, -0.2) is 0 Å². The maximum atomic E-state index is 5.51. The zero-order chi connectivity index (χ0) is 9.61. The Hall–Kier alpha value is 0.310. The fraction of sp³-hybridized carbons (Fsp3) is 1.00. The van der Waals surface area contributed by atoms with Gasteiger partial charge in [-0.15, -0.1) is 0 Å². The van der Waals surface area contributed by atoms with E-state index in [-0.39, 0.29) is 0 Å². The Balaban J connectivity index is 3.68. The maximum absolute atomic E-state index is 5.51. The Kier molecular flexibility index (Phi) is 6.02. The highest BCUT2D eigenvalue weighted by Crippen LogP contribution is 2.26. The molecule has 0 heterocycles. The smallest absolute Gasteiger partial charge is 0.0507 e. The summed E-state index contributed by atoms with van der Waals surface area (Å²) in [5.41, 5.74) is 0.315. The molecule has 2 heteroatoms. The first-order valence-corrected chi connectivity index (χ1v) is 5.34. The number of rotatable bonds is 5. The lowest BCUT2D eigenvalue weighted by atomic mass is 9.82. The van der Waals surface area contributed by atoms with Gasteiger partial charge < -0.3 is 4.74 Å². The Morgan fingerprint density at radius 1 is 1.33 bits per heavy atom. The molecule has 0 saturated carbocycles. The molecular formula is C10H22OS. The van der Waals surface area contributed by atoms with Crippen molar-refractivity contribution in [2.24, 2.45) is 11.3 Å². The summed E-state index contributed by atoms with van der Waals surface area (Å²) in [5.74, 6) is 1.47. The monoisotopic (exact) mass is 190 g/mol. The maximum Gasteiger partial charge on any atom is 0.0507 e. The Morgan fingerprint density at radius 2 is 1.92 bits per heavy atom. The number of hydrogen-bond donors (Lipinski definition) is 1. The van der Waals surface area contributed by atoms with Crippen molar-refractivity contribution in [2.75, 3.05) is 19.0 Å². The molecule has 12 heavy (non-hydrogen) atoms. The van der Waals surface area contributed by atoms with Crippen molar-refractivity contribution in [1.82, 2.24) is 0 Å². The second-order valence-corrected chi connectivity index (χ2v) is 4.69. The number of ether oxygens (including phenoxy) is 1. The van der Waals surface area contributed by atoms with Gasteiger partial charge in [-0.05, 0) is 23.5 Å². The third-order valence-corrected chi connectivity index (χ3v) is 2.55. The summed E-state index contributed by atoms with van der Waals surface area (Å²) in [6, 6.07) is 0. The van der Waals surface area contributed by atoms with Crippen LogP contribution in [0.25, 0.3) is 0 Å². The van der Waals surface area contributed by atoms with Gasteiger partial charge in [-0.2, -0.15) is 12.6 Å². The molecule has 0 bridgehead atoms. The zero-order valence-corrected chi connectivity index (χ0v) is 9.66. The molecule has 0 aliphatic carbocycles. The first kappa shape index (κ1) is 12.3. The van der Waals surface area contributed by atoms with Crippen LogP contribution in [-0.4, -0.2) is 19.0 Å². The quantitative estimate of drug-likeness (QED) is 0.518. The molecule has 1 nitrogen and oxygen atoms in total. The van der Waals surface area contributed by atoms with Crippen LogP contribution in [-0.2, 0) is 4.74 Å². The summed E-state index contributed by atoms with van der Waals surface area (Å²) in [6.07, 6.45) is 1.10. The molecular weight excluding hydrogens is 168 g/mol. The highest BCUT2D eigenvalue weighted by Gasteiger charge is 2.22. The van der Waals surface area contributed by atoms with Crippen molar-refractivity contribution in [2.45, 2.75) is 34.1 Å². The minimum Gasteiger partial charge on any atom is -0.381 e. The predicted molar refractivity (Wildman–Crippen MR) is 57.9 cm³/mol. The van der Waals surface area contributed by atoms with Crippen LogP contribution >= 0.6 is 12.6 Å². The number of hydrogen-bond acceptors (Lipinski definition) is 2. The van der Waals surface area contributed by atoms with Gasteiger partial charge in [0, 0.05) is 6.61 Å². The summed E-state index contributed by atoms with van der Waals surface area (Å²) in [5, 5.41) is 0. The van der Waals surface area contributed by atoms with Crippen LogP contribution in [0.2, 0.25) is 0 Å². The third-order valence-electron chi connectivity index (χ3n) is 2.11. The van der Waals surface area contributed by atoms with E-state index < -0.39 is 0 Å². The molecule has 0 N–H and O–H groups in total. The van der Waals surface area contributed by atoms with Crippen LogP contribution in [0.5, 0.6) is 0 Å². The van der Waals surface area contributed by atoms with E-state index in [1.807, 2.05) is 0 Å². The fourth-order valence-electron chi connectivity index (χ4n) is 0.946. The SMILES string of the molecule is CCCOCC(CS)C(C)(C)C. The molecule has 0 aliphatic rings. The van der Waals surface area contributed by atoms with Crippen molar-refractivity contribution >= 4 is 12.6 Å². The normalized spacial score (nSPS) is 14.8. The minimum absolute atomic E-state index is 0.315. The Morgan fingerprint density at radius 3 is 2.25 bits per heavy atom. The standard InChI is InChI=1S/C10H22OS/c1-5-6-11-7-9(8-12)10(2,3)4/h9,12H,5-8H2,1-4H3. The molecule has 0 spiro atoms. The summed E-state index contributed by atoms with van der Waals surface area (Å²) >= 11 is 4.33. The first-order valence-electron chi connectivity index (χ1n) is 4.71. The summed E-state index contributed by atoms with van der Waals surface area (Å²) < 4.78 is 5.51. The molecule has 1 unspecified atom stereocenters. The molecule has 0 rings (SSSR count).